The number of nitrogens with one attached hydrogen (secondary N) is 1. The number of carbonyl (C=O) groups is 1. The summed E-state index contributed by atoms with van der Waals surface area (Å²) < 4.78 is 14.2. The van der Waals surface area contributed by atoms with Gasteiger partial charge in [-0.2, -0.15) is 5.10 Å². The van der Waals surface area contributed by atoms with Crippen molar-refractivity contribution in [3.05, 3.63) is 87.8 Å². The minimum absolute atomic E-state index is 0.231. The van der Waals surface area contributed by atoms with E-state index in [2.05, 4.69) is 25.7 Å². The third-order valence-electron chi connectivity index (χ3n) is 5.13. The van der Waals surface area contributed by atoms with Crippen LogP contribution in [0, 0.1) is 5.82 Å². The Hall–Kier alpha value is -3.72. The quantitative estimate of drug-likeness (QED) is 0.649. The first-order chi connectivity index (χ1) is 15.6. The van der Waals surface area contributed by atoms with Crippen LogP contribution < -0.4 is 10.9 Å². The third-order valence-corrected chi connectivity index (χ3v) is 6.03. The van der Waals surface area contributed by atoms with Gasteiger partial charge in [0.1, 0.15) is 12.4 Å². The maximum atomic E-state index is 13.2. The predicted molar refractivity (Wildman–Crippen MR) is 124 cm³/mol. The monoisotopic (exact) mass is 447 g/mol. The van der Waals surface area contributed by atoms with Crippen molar-refractivity contribution in [1.82, 2.24) is 14.7 Å². The van der Waals surface area contributed by atoms with Crippen molar-refractivity contribution in [2.75, 3.05) is 18.4 Å². The lowest BCUT2D eigenvalue weighted by molar-refractivity contribution is -0.117. The molecule has 0 radical (unpaired) electrons. The zero-order chi connectivity index (χ0) is 22.1. The van der Waals surface area contributed by atoms with E-state index >= 15 is 0 Å². The van der Waals surface area contributed by atoms with E-state index in [1.54, 1.807) is 30.0 Å². The topological polar surface area (TPSA) is 79.6 Å². The smallest absolute Gasteiger partial charge is 0.267 e. The van der Waals surface area contributed by atoms with Crippen molar-refractivity contribution < 1.29 is 9.18 Å². The number of halogens is 1. The largest absolute Gasteiger partial charge is 0.324 e. The molecule has 1 amide bonds. The number of nitrogens with zero attached hydrogens (tertiary/aromatic N) is 4. The number of aliphatic imine (C=N–C) groups is 1. The molecule has 3 heterocycles. The Morgan fingerprint density at radius 1 is 1.03 bits per heavy atom. The lowest BCUT2D eigenvalue weighted by Gasteiger charge is -2.17. The van der Waals surface area contributed by atoms with Crippen LogP contribution in [0.25, 0.3) is 17.0 Å². The molecule has 0 aliphatic carbocycles. The molecule has 160 valence electrons. The zero-order valence-corrected chi connectivity index (χ0v) is 17.7. The Bertz CT molecular complexity index is 1300. The molecule has 0 spiro atoms. The summed E-state index contributed by atoms with van der Waals surface area (Å²) in [7, 11) is 0. The number of carbonyl (C=O) groups excluding carboxylic acids is 1. The molecule has 7 nitrogen and oxygen atoms in total. The molecule has 0 bridgehead atoms. The fourth-order valence-corrected chi connectivity index (χ4v) is 4.51. The van der Waals surface area contributed by atoms with Gasteiger partial charge in [0.05, 0.1) is 17.9 Å². The van der Waals surface area contributed by atoms with E-state index in [0.717, 1.165) is 34.2 Å². The van der Waals surface area contributed by atoms with Crippen LogP contribution in [0.1, 0.15) is 5.56 Å². The van der Waals surface area contributed by atoms with E-state index < -0.39 is 5.56 Å². The van der Waals surface area contributed by atoms with Gasteiger partial charge in [0, 0.05) is 29.3 Å². The molecule has 2 aliphatic heterocycles. The maximum absolute atomic E-state index is 13.2. The average Bonchev–Trinajstić information content (AvgIpc) is 3.41. The molecule has 2 aliphatic rings. The second-order valence-corrected chi connectivity index (χ2v) is 8.12. The van der Waals surface area contributed by atoms with Crippen molar-refractivity contribution >= 4 is 34.2 Å². The number of anilines is 1. The highest BCUT2D eigenvalue weighted by Gasteiger charge is 2.26. The van der Waals surface area contributed by atoms with Crippen molar-refractivity contribution in [2.45, 2.75) is 6.54 Å². The zero-order valence-electron chi connectivity index (χ0n) is 16.9. The summed E-state index contributed by atoms with van der Waals surface area (Å²) in [5, 5.41) is 10.2. The van der Waals surface area contributed by atoms with E-state index in [-0.39, 0.29) is 18.3 Å². The van der Waals surface area contributed by atoms with E-state index in [4.69, 9.17) is 0 Å². The first kappa shape index (κ1) is 20.2. The molecule has 9 heteroatoms. The lowest BCUT2D eigenvalue weighted by Crippen LogP contribution is -2.29. The van der Waals surface area contributed by atoms with Crippen LogP contribution in [0.2, 0.25) is 0 Å². The SMILES string of the molecule is O=C(Cn1nc(-c2ccc(F)cc2)ccc1=O)Nc1ccc(C2=CSC3=NCCN23)cc1. The number of fused-ring (bicyclic) bond motifs is 1. The minimum atomic E-state index is -0.393. The Balaban J connectivity index is 1.27. The number of benzene rings is 2. The number of amides is 1. The van der Waals surface area contributed by atoms with Gasteiger partial charge in [0.15, 0.2) is 5.17 Å². The van der Waals surface area contributed by atoms with Crippen LogP contribution in [-0.4, -0.2) is 38.8 Å². The van der Waals surface area contributed by atoms with Gasteiger partial charge >= 0.3 is 0 Å². The standard InChI is InChI=1S/C23H18FN5O2S/c24-17-5-1-15(2-6-17)19-9-10-22(31)29(27-19)13-21(30)26-18-7-3-16(4-8-18)20-14-32-23-25-11-12-28(20)23/h1-10,14H,11-13H2,(H,26,30). The third kappa shape index (κ3) is 4.06. The van der Waals surface area contributed by atoms with Gasteiger partial charge in [-0.25, -0.2) is 9.07 Å². The molecule has 1 aromatic heterocycles. The van der Waals surface area contributed by atoms with Gasteiger partial charge in [-0.1, -0.05) is 23.9 Å². The number of hydrogen-bond donors (Lipinski definition) is 1. The molecule has 0 atom stereocenters. The summed E-state index contributed by atoms with van der Waals surface area (Å²) in [6.07, 6.45) is 0. The number of hydrogen-bond acceptors (Lipinski definition) is 6. The lowest BCUT2D eigenvalue weighted by atomic mass is 10.1. The van der Waals surface area contributed by atoms with E-state index in [9.17, 15) is 14.0 Å². The van der Waals surface area contributed by atoms with Gasteiger partial charge in [-0.3, -0.25) is 14.6 Å². The summed E-state index contributed by atoms with van der Waals surface area (Å²) in [4.78, 5) is 31.3. The molecule has 32 heavy (non-hydrogen) atoms. The minimum Gasteiger partial charge on any atom is -0.324 e. The van der Waals surface area contributed by atoms with Gasteiger partial charge in [-0.05, 0) is 48.0 Å². The molecule has 1 N–H and O–H groups in total. The summed E-state index contributed by atoms with van der Waals surface area (Å²) in [5.74, 6) is -0.724. The maximum Gasteiger partial charge on any atom is 0.267 e. The second-order valence-electron chi connectivity index (χ2n) is 7.28. The van der Waals surface area contributed by atoms with Crippen LogP contribution in [0.4, 0.5) is 10.1 Å². The molecular weight excluding hydrogens is 429 g/mol. The first-order valence-corrected chi connectivity index (χ1v) is 10.9. The molecule has 0 fully saturated rings. The van der Waals surface area contributed by atoms with Crippen LogP contribution in [0.5, 0.6) is 0 Å². The molecular formula is C23H18FN5O2S. The number of thioether (sulfide) groups is 1. The van der Waals surface area contributed by atoms with Crippen LogP contribution in [0.15, 0.2) is 75.9 Å². The summed E-state index contributed by atoms with van der Waals surface area (Å²) in [6.45, 7) is 1.46. The Labute approximate surface area is 187 Å². The molecule has 3 aromatic rings. The highest BCUT2D eigenvalue weighted by Crippen LogP contribution is 2.35. The van der Waals surface area contributed by atoms with E-state index in [1.165, 1.54) is 18.2 Å². The van der Waals surface area contributed by atoms with Crippen LogP contribution in [0.3, 0.4) is 0 Å². The Morgan fingerprint density at radius 3 is 2.56 bits per heavy atom. The number of amidine groups is 1. The molecule has 2 aromatic carbocycles. The van der Waals surface area contributed by atoms with E-state index in [1.807, 2.05) is 24.3 Å². The fraction of sp³-hybridized carbons (Fsp3) is 0.130. The summed E-state index contributed by atoms with van der Waals surface area (Å²) >= 11 is 1.62. The van der Waals surface area contributed by atoms with Gasteiger partial charge in [0.2, 0.25) is 5.91 Å². The summed E-state index contributed by atoms with van der Waals surface area (Å²) in [6, 6.07) is 16.2. The first-order valence-electron chi connectivity index (χ1n) is 10.00. The van der Waals surface area contributed by atoms with Crippen molar-refractivity contribution in [3.8, 4) is 11.3 Å². The fourth-order valence-electron chi connectivity index (χ4n) is 3.54. The average molecular weight is 447 g/mol. The highest BCUT2D eigenvalue weighted by atomic mass is 32.2. The molecule has 0 saturated heterocycles. The Kier molecular flexibility index (Phi) is 5.32. The van der Waals surface area contributed by atoms with Crippen LogP contribution in [-0.2, 0) is 11.3 Å². The number of aromatic nitrogens is 2. The van der Waals surface area contributed by atoms with Crippen molar-refractivity contribution in [1.29, 1.82) is 0 Å². The van der Waals surface area contributed by atoms with Crippen molar-refractivity contribution in [2.24, 2.45) is 4.99 Å². The predicted octanol–water partition coefficient (Wildman–Crippen LogP) is 3.40. The number of rotatable bonds is 5. The van der Waals surface area contributed by atoms with Gasteiger partial charge in [-0.15, -0.1) is 0 Å². The second kappa shape index (κ2) is 8.43. The van der Waals surface area contributed by atoms with Gasteiger partial charge in [0.25, 0.3) is 5.56 Å². The van der Waals surface area contributed by atoms with E-state index in [0.29, 0.717) is 16.9 Å². The molecule has 0 saturated carbocycles. The Morgan fingerprint density at radius 2 is 1.78 bits per heavy atom. The highest BCUT2D eigenvalue weighted by molar-refractivity contribution is 8.16. The van der Waals surface area contributed by atoms with Crippen LogP contribution >= 0.6 is 11.8 Å². The van der Waals surface area contributed by atoms with Gasteiger partial charge < -0.3 is 10.2 Å². The molecule has 5 rings (SSSR count). The molecule has 0 unspecified atom stereocenters. The summed E-state index contributed by atoms with van der Waals surface area (Å²) in [5.41, 5.74) is 3.53. The normalized spacial score (nSPS) is 14.7. The van der Waals surface area contributed by atoms with Crippen molar-refractivity contribution in [3.63, 3.8) is 0 Å².